The van der Waals surface area contributed by atoms with Gasteiger partial charge in [-0.15, -0.1) is 17.9 Å². The second kappa shape index (κ2) is 8.68. The maximum Gasteiger partial charge on any atom is 0.244 e. The van der Waals surface area contributed by atoms with Gasteiger partial charge in [0.1, 0.15) is 0 Å². The third-order valence-electron chi connectivity index (χ3n) is 3.07. The van der Waals surface area contributed by atoms with Crippen LogP contribution >= 0.6 is 11.3 Å². The summed E-state index contributed by atoms with van der Waals surface area (Å²) in [5.41, 5.74) is 0. The zero-order valence-corrected chi connectivity index (χ0v) is 14.8. The van der Waals surface area contributed by atoms with Crippen molar-refractivity contribution >= 4 is 21.4 Å². The van der Waals surface area contributed by atoms with E-state index in [-0.39, 0.29) is 0 Å². The zero-order valence-electron chi connectivity index (χ0n) is 13.2. The van der Waals surface area contributed by atoms with Crippen LogP contribution in [-0.2, 0) is 16.6 Å². The lowest BCUT2D eigenvalue weighted by atomic mass is 10.4. The van der Waals surface area contributed by atoms with Crippen molar-refractivity contribution < 1.29 is 8.42 Å². The van der Waals surface area contributed by atoms with E-state index in [1.54, 1.807) is 17.4 Å². The molecule has 0 fully saturated rings. The number of aryl methyl sites for hydroxylation is 1. The molecule has 0 saturated heterocycles. The van der Waals surface area contributed by atoms with Crippen LogP contribution in [0.4, 0.5) is 0 Å². The van der Waals surface area contributed by atoms with Crippen molar-refractivity contribution in [2.75, 3.05) is 19.6 Å². The SMILES string of the molecule is C=CCN(CCC)S(=O)(=O)c1cc(CNCCC)sc1C. The highest BCUT2D eigenvalue weighted by Gasteiger charge is 2.26. The quantitative estimate of drug-likeness (QED) is 0.529. The fourth-order valence-corrected chi connectivity index (χ4v) is 5.17. The summed E-state index contributed by atoms with van der Waals surface area (Å²) in [6.45, 7) is 12.2. The Labute approximate surface area is 132 Å². The summed E-state index contributed by atoms with van der Waals surface area (Å²) >= 11 is 1.55. The van der Waals surface area contributed by atoms with Crippen molar-refractivity contribution in [3.8, 4) is 0 Å². The molecule has 1 rings (SSSR count). The number of hydrogen-bond acceptors (Lipinski definition) is 4. The normalized spacial score (nSPS) is 12.0. The predicted octanol–water partition coefficient (Wildman–Crippen LogP) is 3.14. The molecule has 0 unspecified atom stereocenters. The van der Waals surface area contributed by atoms with Gasteiger partial charge in [-0.2, -0.15) is 4.31 Å². The number of thiophene rings is 1. The Morgan fingerprint density at radius 3 is 2.67 bits per heavy atom. The van der Waals surface area contributed by atoms with E-state index in [2.05, 4.69) is 18.8 Å². The van der Waals surface area contributed by atoms with Crippen LogP contribution < -0.4 is 5.32 Å². The van der Waals surface area contributed by atoms with E-state index in [9.17, 15) is 8.42 Å². The minimum Gasteiger partial charge on any atom is -0.312 e. The average molecular weight is 331 g/mol. The van der Waals surface area contributed by atoms with Crippen molar-refractivity contribution in [1.29, 1.82) is 0 Å². The Kier molecular flexibility index (Phi) is 7.59. The van der Waals surface area contributed by atoms with Crippen LogP contribution in [0.5, 0.6) is 0 Å². The maximum atomic E-state index is 12.7. The lowest BCUT2D eigenvalue weighted by Crippen LogP contribution is -2.32. The molecule has 1 N–H and O–H groups in total. The average Bonchev–Trinajstić information content (AvgIpc) is 2.81. The van der Waals surface area contributed by atoms with Crippen molar-refractivity contribution in [2.45, 2.75) is 45.1 Å². The third-order valence-corrected chi connectivity index (χ3v) is 6.24. The van der Waals surface area contributed by atoms with E-state index in [4.69, 9.17) is 0 Å². The molecule has 0 aromatic carbocycles. The van der Waals surface area contributed by atoms with Crippen LogP contribution in [0.2, 0.25) is 0 Å². The van der Waals surface area contributed by atoms with E-state index in [1.165, 1.54) is 4.31 Å². The van der Waals surface area contributed by atoms with Gasteiger partial charge in [-0.1, -0.05) is 19.9 Å². The molecule has 0 saturated carbocycles. The molecule has 0 aliphatic carbocycles. The second-order valence-corrected chi connectivity index (χ2v) is 8.21. The monoisotopic (exact) mass is 330 g/mol. The standard InChI is InChI=1S/C15H26N2O2S2/c1-5-8-16-12-14-11-15(13(4)20-14)21(18,19)17(9-6-2)10-7-3/h6,11,16H,2,5,7-10,12H2,1,3-4H3. The Morgan fingerprint density at radius 1 is 1.38 bits per heavy atom. The molecular weight excluding hydrogens is 304 g/mol. The van der Waals surface area contributed by atoms with E-state index in [0.717, 1.165) is 35.7 Å². The van der Waals surface area contributed by atoms with Crippen LogP contribution in [0.3, 0.4) is 0 Å². The predicted molar refractivity (Wildman–Crippen MR) is 90.3 cm³/mol. The number of nitrogens with zero attached hydrogens (tertiary/aromatic N) is 1. The zero-order chi connectivity index (χ0) is 15.9. The third kappa shape index (κ3) is 4.92. The molecule has 0 aliphatic rings. The molecule has 0 spiro atoms. The van der Waals surface area contributed by atoms with Gasteiger partial charge in [0.05, 0.1) is 4.90 Å². The molecule has 0 bridgehead atoms. The molecule has 1 aromatic heterocycles. The van der Waals surface area contributed by atoms with Gasteiger partial charge in [-0.05, 0) is 32.4 Å². The van der Waals surface area contributed by atoms with Crippen molar-refractivity contribution in [1.82, 2.24) is 9.62 Å². The van der Waals surface area contributed by atoms with Gasteiger partial charge in [0.25, 0.3) is 0 Å². The van der Waals surface area contributed by atoms with Crippen LogP contribution in [0.15, 0.2) is 23.6 Å². The van der Waals surface area contributed by atoms with E-state index in [0.29, 0.717) is 18.0 Å². The molecule has 1 aromatic rings. The maximum absolute atomic E-state index is 12.7. The minimum absolute atomic E-state index is 0.356. The van der Waals surface area contributed by atoms with Crippen LogP contribution in [0.25, 0.3) is 0 Å². The summed E-state index contributed by atoms with van der Waals surface area (Å²) in [5, 5.41) is 3.31. The van der Waals surface area contributed by atoms with Gasteiger partial charge >= 0.3 is 0 Å². The molecular formula is C15H26N2O2S2. The second-order valence-electron chi connectivity index (χ2n) is 4.96. The van der Waals surface area contributed by atoms with Crippen LogP contribution in [0.1, 0.15) is 36.4 Å². The highest BCUT2D eigenvalue weighted by atomic mass is 32.2. The van der Waals surface area contributed by atoms with E-state index in [1.807, 2.05) is 19.9 Å². The van der Waals surface area contributed by atoms with Gasteiger partial charge in [0, 0.05) is 29.4 Å². The van der Waals surface area contributed by atoms with E-state index < -0.39 is 10.0 Å². The molecule has 0 amide bonds. The topological polar surface area (TPSA) is 49.4 Å². The summed E-state index contributed by atoms with van der Waals surface area (Å²) in [6, 6.07) is 1.81. The fourth-order valence-electron chi connectivity index (χ4n) is 2.10. The first-order chi connectivity index (χ1) is 9.97. The number of hydrogen-bond donors (Lipinski definition) is 1. The molecule has 0 aliphatic heterocycles. The molecule has 0 radical (unpaired) electrons. The van der Waals surface area contributed by atoms with Gasteiger partial charge in [-0.3, -0.25) is 0 Å². The Bertz CT molecular complexity index is 550. The molecule has 120 valence electrons. The molecule has 1 heterocycles. The highest BCUT2D eigenvalue weighted by molar-refractivity contribution is 7.89. The summed E-state index contributed by atoms with van der Waals surface area (Å²) in [4.78, 5) is 2.36. The molecule has 6 heteroatoms. The summed E-state index contributed by atoms with van der Waals surface area (Å²) in [5.74, 6) is 0. The van der Waals surface area contributed by atoms with Gasteiger partial charge in [-0.25, -0.2) is 8.42 Å². The molecule has 0 atom stereocenters. The van der Waals surface area contributed by atoms with Crippen LogP contribution in [0, 0.1) is 6.92 Å². The number of nitrogens with one attached hydrogen (secondary N) is 1. The molecule has 4 nitrogen and oxygen atoms in total. The van der Waals surface area contributed by atoms with Crippen LogP contribution in [-0.4, -0.2) is 32.4 Å². The number of sulfonamides is 1. The highest BCUT2D eigenvalue weighted by Crippen LogP contribution is 2.28. The minimum atomic E-state index is -3.42. The van der Waals surface area contributed by atoms with Gasteiger partial charge in [0.15, 0.2) is 0 Å². The summed E-state index contributed by atoms with van der Waals surface area (Å²) in [7, 11) is -3.42. The van der Waals surface area contributed by atoms with Crippen molar-refractivity contribution in [2.24, 2.45) is 0 Å². The largest absolute Gasteiger partial charge is 0.312 e. The first kappa shape index (κ1) is 18.4. The number of rotatable bonds is 10. The Hall–Kier alpha value is -0.690. The Morgan fingerprint density at radius 2 is 2.10 bits per heavy atom. The fraction of sp³-hybridized carbons (Fsp3) is 0.600. The summed E-state index contributed by atoms with van der Waals surface area (Å²) in [6.07, 6.45) is 3.50. The smallest absolute Gasteiger partial charge is 0.244 e. The molecule has 21 heavy (non-hydrogen) atoms. The van der Waals surface area contributed by atoms with E-state index >= 15 is 0 Å². The first-order valence-corrected chi connectivity index (χ1v) is 9.64. The van der Waals surface area contributed by atoms with Gasteiger partial charge in [0.2, 0.25) is 10.0 Å². The Balaban J connectivity index is 2.98. The summed E-state index contributed by atoms with van der Waals surface area (Å²) < 4.78 is 27.0. The lowest BCUT2D eigenvalue weighted by Gasteiger charge is -2.19. The first-order valence-electron chi connectivity index (χ1n) is 7.38. The van der Waals surface area contributed by atoms with Crippen molar-refractivity contribution in [3.63, 3.8) is 0 Å². The van der Waals surface area contributed by atoms with Crippen molar-refractivity contribution in [3.05, 3.63) is 28.5 Å². The van der Waals surface area contributed by atoms with Gasteiger partial charge < -0.3 is 5.32 Å². The lowest BCUT2D eigenvalue weighted by molar-refractivity contribution is 0.441.